The molecule has 1 heterocycles. The molecule has 1 aliphatic heterocycles. The Morgan fingerprint density at radius 3 is 2.26 bits per heavy atom. The first-order valence-electron chi connectivity index (χ1n) is 11.3. The molecule has 0 bridgehead atoms. The lowest BCUT2D eigenvalue weighted by Gasteiger charge is -2.35. The predicted molar refractivity (Wildman–Crippen MR) is 130 cm³/mol. The Balaban J connectivity index is 1.33. The molecular formula is C26H25FN4O4. The maximum Gasteiger partial charge on any atom is 0.269 e. The molecule has 0 unspecified atom stereocenters. The van der Waals surface area contributed by atoms with E-state index >= 15 is 0 Å². The Kier molecular flexibility index (Phi) is 7.35. The van der Waals surface area contributed by atoms with E-state index in [1.54, 1.807) is 18.2 Å². The fourth-order valence-electron chi connectivity index (χ4n) is 4.09. The number of anilines is 1. The topological polar surface area (TPSA) is 105 Å². The van der Waals surface area contributed by atoms with E-state index in [9.17, 15) is 24.1 Å². The van der Waals surface area contributed by atoms with Gasteiger partial charge in [0.15, 0.2) is 0 Å². The van der Waals surface area contributed by atoms with Gasteiger partial charge in [0.05, 0.1) is 10.5 Å². The largest absolute Gasteiger partial charge is 0.371 e. The second-order valence-electron chi connectivity index (χ2n) is 8.37. The standard InChI is InChI=1S/C26H25FN4O4/c27-20-9-5-18(6-10-20)17-28-26(33)23-3-1-2-4-24(23)30-15-13-21(14-16-30)29-25(32)19-7-11-22(12-8-19)31(34)35/h1-12,21H,13-17H2,(H,28,33)(H,29,32). The van der Waals surface area contributed by atoms with Crippen LogP contribution in [0.3, 0.4) is 0 Å². The van der Waals surface area contributed by atoms with E-state index < -0.39 is 4.92 Å². The first-order chi connectivity index (χ1) is 16.9. The minimum atomic E-state index is -0.502. The molecule has 0 atom stereocenters. The van der Waals surface area contributed by atoms with Gasteiger partial charge in [0.1, 0.15) is 5.82 Å². The zero-order chi connectivity index (χ0) is 24.8. The summed E-state index contributed by atoms with van der Waals surface area (Å²) < 4.78 is 13.1. The Morgan fingerprint density at radius 2 is 1.60 bits per heavy atom. The van der Waals surface area contributed by atoms with Crippen LogP contribution in [-0.4, -0.2) is 35.9 Å². The summed E-state index contributed by atoms with van der Waals surface area (Å²) in [5.74, 6) is -0.796. The number of rotatable bonds is 7. The molecule has 8 nitrogen and oxygen atoms in total. The van der Waals surface area contributed by atoms with Crippen molar-refractivity contribution in [3.8, 4) is 0 Å². The highest BCUT2D eigenvalue weighted by molar-refractivity contribution is 5.99. The lowest BCUT2D eigenvalue weighted by molar-refractivity contribution is -0.384. The number of amides is 2. The Labute approximate surface area is 201 Å². The van der Waals surface area contributed by atoms with Gasteiger partial charge in [-0.1, -0.05) is 24.3 Å². The van der Waals surface area contributed by atoms with Gasteiger partial charge in [-0.2, -0.15) is 0 Å². The van der Waals surface area contributed by atoms with Crippen molar-refractivity contribution in [3.05, 3.63) is 105 Å². The highest BCUT2D eigenvalue weighted by Gasteiger charge is 2.24. The number of halogens is 1. The van der Waals surface area contributed by atoms with Crippen LogP contribution in [0.5, 0.6) is 0 Å². The van der Waals surface area contributed by atoms with Gasteiger partial charge in [-0.3, -0.25) is 19.7 Å². The zero-order valence-corrected chi connectivity index (χ0v) is 18.9. The molecule has 0 radical (unpaired) electrons. The van der Waals surface area contributed by atoms with E-state index in [1.165, 1.54) is 36.4 Å². The number of hydrogen-bond donors (Lipinski definition) is 2. The molecule has 0 aromatic heterocycles. The summed E-state index contributed by atoms with van der Waals surface area (Å²) in [7, 11) is 0. The molecular weight excluding hydrogens is 451 g/mol. The van der Waals surface area contributed by atoms with E-state index in [1.807, 2.05) is 18.2 Å². The molecule has 180 valence electrons. The van der Waals surface area contributed by atoms with Crippen LogP contribution in [0.4, 0.5) is 15.8 Å². The number of nitrogens with zero attached hydrogens (tertiary/aromatic N) is 2. The first kappa shape index (κ1) is 23.9. The van der Waals surface area contributed by atoms with Crippen LogP contribution in [0, 0.1) is 15.9 Å². The molecule has 35 heavy (non-hydrogen) atoms. The van der Waals surface area contributed by atoms with Crippen molar-refractivity contribution >= 4 is 23.2 Å². The summed E-state index contributed by atoms with van der Waals surface area (Å²) in [5, 5.41) is 16.7. The van der Waals surface area contributed by atoms with Crippen molar-refractivity contribution in [3.63, 3.8) is 0 Å². The quantitative estimate of drug-likeness (QED) is 0.395. The lowest BCUT2D eigenvalue weighted by Crippen LogP contribution is -2.45. The number of nitro groups is 1. The van der Waals surface area contributed by atoms with Crippen LogP contribution < -0.4 is 15.5 Å². The van der Waals surface area contributed by atoms with E-state index in [-0.39, 0.29) is 29.4 Å². The fraction of sp³-hybridized carbons (Fsp3) is 0.231. The average Bonchev–Trinajstić information content (AvgIpc) is 2.88. The molecule has 0 saturated carbocycles. The van der Waals surface area contributed by atoms with Crippen molar-refractivity contribution in [2.75, 3.05) is 18.0 Å². The molecule has 3 aromatic carbocycles. The van der Waals surface area contributed by atoms with Gasteiger partial charge in [-0.05, 0) is 54.8 Å². The minimum Gasteiger partial charge on any atom is -0.371 e. The van der Waals surface area contributed by atoms with Gasteiger partial charge >= 0.3 is 0 Å². The molecule has 2 amide bonds. The summed E-state index contributed by atoms with van der Waals surface area (Å²) in [5.41, 5.74) is 2.51. The smallest absolute Gasteiger partial charge is 0.269 e. The third kappa shape index (κ3) is 6.00. The average molecular weight is 477 g/mol. The molecule has 0 aliphatic carbocycles. The summed E-state index contributed by atoms with van der Waals surface area (Å²) in [6, 6.07) is 18.9. The van der Waals surface area contributed by atoms with E-state index in [0.29, 0.717) is 43.6 Å². The number of nitrogens with one attached hydrogen (secondary N) is 2. The van der Waals surface area contributed by atoms with Crippen molar-refractivity contribution in [1.82, 2.24) is 10.6 Å². The second kappa shape index (κ2) is 10.8. The molecule has 3 aromatic rings. The van der Waals surface area contributed by atoms with Crippen molar-refractivity contribution in [2.24, 2.45) is 0 Å². The summed E-state index contributed by atoms with van der Waals surface area (Å²) in [6.45, 7) is 1.62. The van der Waals surface area contributed by atoms with E-state index in [4.69, 9.17) is 0 Å². The van der Waals surface area contributed by atoms with Crippen molar-refractivity contribution in [2.45, 2.75) is 25.4 Å². The maximum absolute atomic E-state index is 13.1. The molecule has 1 saturated heterocycles. The number of carbonyl (C=O) groups excluding carboxylic acids is 2. The van der Waals surface area contributed by atoms with Crippen LogP contribution in [0.15, 0.2) is 72.8 Å². The number of hydrogen-bond acceptors (Lipinski definition) is 5. The van der Waals surface area contributed by atoms with Gasteiger partial charge in [0.25, 0.3) is 17.5 Å². The Bertz CT molecular complexity index is 1210. The highest BCUT2D eigenvalue weighted by atomic mass is 19.1. The fourth-order valence-corrected chi connectivity index (χ4v) is 4.09. The summed E-state index contributed by atoms with van der Waals surface area (Å²) in [4.78, 5) is 37.8. The summed E-state index contributed by atoms with van der Waals surface area (Å²) in [6.07, 6.45) is 1.40. The third-order valence-electron chi connectivity index (χ3n) is 6.03. The van der Waals surface area contributed by atoms with Gasteiger partial charge in [0, 0.05) is 49.1 Å². The third-order valence-corrected chi connectivity index (χ3v) is 6.03. The number of nitro benzene ring substituents is 1. The van der Waals surface area contributed by atoms with Crippen LogP contribution in [-0.2, 0) is 6.54 Å². The number of para-hydroxylation sites is 1. The first-order valence-corrected chi connectivity index (χ1v) is 11.3. The number of carbonyl (C=O) groups is 2. The van der Waals surface area contributed by atoms with Gasteiger partial charge in [0.2, 0.25) is 0 Å². The normalized spacial score (nSPS) is 13.8. The number of piperidine rings is 1. The van der Waals surface area contributed by atoms with Gasteiger partial charge < -0.3 is 15.5 Å². The van der Waals surface area contributed by atoms with Gasteiger partial charge in [-0.25, -0.2) is 4.39 Å². The Hall–Kier alpha value is -4.27. The molecule has 1 fully saturated rings. The zero-order valence-electron chi connectivity index (χ0n) is 18.9. The predicted octanol–water partition coefficient (Wildman–Crippen LogP) is 4.06. The SMILES string of the molecule is O=C(NC1CCN(c2ccccc2C(=O)NCc2ccc(F)cc2)CC1)c1ccc([N+](=O)[O-])cc1. The molecule has 9 heteroatoms. The molecule has 0 spiro atoms. The van der Waals surface area contributed by atoms with Crippen molar-refractivity contribution < 1.29 is 18.9 Å². The van der Waals surface area contributed by atoms with E-state index in [0.717, 1.165) is 11.3 Å². The van der Waals surface area contributed by atoms with Crippen LogP contribution >= 0.6 is 0 Å². The van der Waals surface area contributed by atoms with Gasteiger partial charge in [-0.15, -0.1) is 0 Å². The summed E-state index contributed by atoms with van der Waals surface area (Å²) >= 11 is 0. The molecule has 1 aliphatic rings. The highest BCUT2D eigenvalue weighted by Crippen LogP contribution is 2.25. The maximum atomic E-state index is 13.1. The monoisotopic (exact) mass is 476 g/mol. The number of benzene rings is 3. The van der Waals surface area contributed by atoms with Crippen molar-refractivity contribution in [1.29, 1.82) is 0 Å². The molecule has 4 rings (SSSR count). The molecule has 2 N–H and O–H groups in total. The van der Waals surface area contributed by atoms with Crippen LogP contribution in [0.25, 0.3) is 0 Å². The van der Waals surface area contributed by atoms with Crippen LogP contribution in [0.1, 0.15) is 39.1 Å². The second-order valence-corrected chi connectivity index (χ2v) is 8.37. The Morgan fingerprint density at radius 1 is 0.943 bits per heavy atom. The van der Waals surface area contributed by atoms with Crippen LogP contribution in [0.2, 0.25) is 0 Å². The minimum absolute atomic E-state index is 0.0339. The van der Waals surface area contributed by atoms with E-state index in [2.05, 4.69) is 15.5 Å². The number of non-ortho nitro benzene ring substituents is 1. The lowest BCUT2D eigenvalue weighted by atomic mass is 10.0.